The number of methoxy groups -OCH3 is 1. The summed E-state index contributed by atoms with van der Waals surface area (Å²) in [6.45, 7) is 3.58. The van der Waals surface area contributed by atoms with Crippen molar-refractivity contribution < 1.29 is 19.0 Å². The summed E-state index contributed by atoms with van der Waals surface area (Å²) in [4.78, 5) is 24.7. The van der Waals surface area contributed by atoms with Crippen molar-refractivity contribution in [3.8, 4) is 17.4 Å². The van der Waals surface area contributed by atoms with Crippen LogP contribution >= 0.6 is 0 Å². The number of nitrogens with one attached hydrogen (secondary N) is 1. The summed E-state index contributed by atoms with van der Waals surface area (Å²) in [5.74, 6) is 1.81. The first-order valence-electron chi connectivity index (χ1n) is 10.00. The molecule has 8 nitrogen and oxygen atoms in total. The van der Waals surface area contributed by atoms with Crippen LogP contribution in [0.15, 0.2) is 67.1 Å². The molecule has 2 heterocycles. The molecule has 0 spiro atoms. The monoisotopic (exact) mass is 430 g/mol. The molecule has 0 aliphatic heterocycles. The van der Waals surface area contributed by atoms with Gasteiger partial charge in [0.25, 0.3) is 0 Å². The zero-order valence-electron chi connectivity index (χ0n) is 17.9. The Labute approximate surface area is 185 Å². The molecular weight excluding hydrogens is 408 g/mol. The first-order chi connectivity index (χ1) is 15.5. The number of hydrogen-bond donors (Lipinski definition) is 1. The summed E-state index contributed by atoms with van der Waals surface area (Å²) in [5, 5.41) is 3.98. The van der Waals surface area contributed by atoms with Gasteiger partial charge in [0.2, 0.25) is 5.88 Å². The highest BCUT2D eigenvalue weighted by atomic mass is 16.6. The van der Waals surface area contributed by atoms with Crippen LogP contribution in [0.2, 0.25) is 0 Å². The van der Waals surface area contributed by atoms with Gasteiger partial charge in [-0.2, -0.15) is 0 Å². The predicted octanol–water partition coefficient (Wildman–Crippen LogP) is 4.81. The summed E-state index contributed by atoms with van der Waals surface area (Å²) in [6, 6.07) is 16.6. The molecule has 0 aliphatic carbocycles. The van der Waals surface area contributed by atoms with Crippen LogP contribution in [0.3, 0.4) is 0 Å². The van der Waals surface area contributed by atoms with Crippen LogP contribution in [0.5, 0.6) is 17.4 Å². The van der Waals surface area contributed by atoms with Crippen molar-refractivity contribution in [3.63, 3.8) is 0 Å². The summed E-state index contributed by atoms with van der Waals surface area (Å²) in [7, 11) is 1.32. The van der Waals surface area contributed by atoms with Crippen molar-refractivity contribution in [3.05, 3.63) is 72.7 Å². The van der Waals surface area contributed by atoms with Gasteiger partial charge in [-0.05, 0) is 55.8 Å². The van der Waals surface area contributed by atoms with Gasteiger partial charge in [-0.15, -0.1) is 0 Å². The lowest BCUT2D eigenvalue weighted by Crippen LogP contribution is -2.25. The maximum atomic E-state index is 11.8. The number of nitrogens with zero attached hydrogens (tertiary/aromatic N) is 3. The maximum absolute atomic E-state index is 11.8. The second-order valence-corrected chi connectivity index (χ2v) is 7.03. The summed E-state index contributed by atoms with van der Waals surface area (Å²) in [5.41, 5.74) is 2.42. The molecule has 2 aromatic heterocycles. The van der Waals surface area contributed by atoms with E-state index in [0.717, 1.165) is 11.3 Å². The lowest BCUT2D eigenvalue weighted by Gasteiger charge is -2.16. The van der Waals surface area contributed by atoms with Crippen molar-refractivity contribution >= 4 is 28.4 Å². The molecule has 0 saturated carbocycles. The smallest absolute Gasteiger partial charge is 0.346 e. The van der Waals surface area contributed by atoms with E-state index in [0.29, 0.717) is 34.1 Å². The van der Waals surface area contributed by atoms with E-state index in [4.69, 9.17) is 14.2 Å². The van der Waals surface area contributed by atoms with E-state index >= 15 is 0 Å². The minimum absolute atomic E-state index is 0.465. The maximum Gasteiger partial charge on any atom is 0.346 e. The molecule has 4 aromatic rings. The van der Waals surface area contributed by atoms with Crippen molar-refractivity contribution in [2.75, 3.05) is 12.4 Å². The number of anilines is 2. The lowest BCUT2D eigenvalue weighted by atomic mass is 10.1. The lowest BCUT2D eigenvalue weighted by molar-refractivity contribution is -0.147. The number of rotatable bonds is 7. The molecule has 8 heteroatoms. The molecule has 0 saturated heterocycles. The number of esters is 1. The Morgan fingerprint density at radius 1 is 1.00 bits per heavy atom. The number of pyridine rings is 1. The molecule has 162 valence electrons. The number of ether oxygens (including phenoxy) is 3. The van der Waals surface area contributed by atoms with Gasteiger partial charge in [-0.3, -0.25) is 0 Å². The second kappa shape index (κ2) is 9.30. The van der Waals surface area contributed by atoms with E-state index < -0.39 is 12.1 Å². The van der Waals surface area contributed by atoms with E-state index in [1.54, 1.807) is 25.3 Å². The minimum Gasteiger partial charge on any atom is -0.478 e. The Balaban J connectivity index is 1.63. The molecule has 0 bridgehead atoms. The number of carbonyl (C=O) groups is 1. The first kappa shape index (κ1) is 21.0. The molecule has 2 aromatic carbocycles. The average molecular weight is 430 g/mol. The Morgan fingerprint density at radius 2 is 1.88 bits per heavy atom. The fraction of sp³-hybridized carbons (Fsp3) is 0.167. The number of fused-ring (bicyclic) bond motifs is 1. The van der Waals surface area contributed by atoms with Crippen LogP contribution in [0.1, 0.15) is 12.5 Å². The van der Waals surface area contributed by atoms with Crippen molar-refractivity contribution in [2.24, 2.45) is 0 Å². The Morgan fingerprint density at radius 3 is 2.62 bits per heavy atom. The zero-order valence-corrected chi connectivity index (χ0v) is 17.9. The number of carbonyl (C=O) groups excluding carboxylic acids is 1. The van der Waals surface area contributed by atoms with Gasteiger partial charge in [0.15, 0.2) is 6.10 Å². The number of aromatic nitrogens is 3. The third kappa shape index (κ3) is 4.59. The predicted molar refractivity (Wildman–Crippen MR) is 120 cm³/mol. The van der Waals surface area contributed by atoms with Crippen LogP contribution in [0.25, 0.3) is 10.9 Å². The summed E-state index contributed by atoms with van der Waals surface area (Å²) < 4.78 is 16.5. The quantitative estimate of drug-likeness (QED) is 0.417. The van der Waals surface area contributed by atoms with Crippen LogP contribution in [0, 0.1) is 6.92 Å². The van der Waals surface area contributed by atoms with Gasteiger partial charge in [-0.1, -0.05) is 12.1 Å². The highest BCUT2D eigenvalue weighted by Gasteiger charge is 2.18. The fourth-order valence-corrected chi connectivity index (χ4v) is 3.17. The van der Waals surface area contributed by atoms with Crippen LogP contribution in [0.4, 0.5) is 11.5 Å². The topological polar surface area (TPSA) is 95.5 Å². The van der Waals surface area contributed by atoms with E-state index in [9.17, 15) is 4.79 Å². The van der Waals surface area contributed by atoms with Crippen molar-refractivity contribution in [2.45, 2.75) is 20.0 Å². The van der Waals surface area contributed by atoms with Crippen molar-refractivity contribution in [1.29, 1.82) is 0 Å². The number of hydrogen-bond acceptors (Lipinski definition) is 8. The first-order valence-corrected chi connectivity index (χ1v) is 10.00. The molecule has 1 atom stereocenters. The SMILES string of the molecule is COC(=O)[C@@H](C)Oc1cccc2ncnc(Nc3ccc(Oc4ccccn4)c(C)c3)c12. The van der Waals surface area contributed by atoms with Gasteiger partial charge in [0, 0.05) is 18.0 Å². The Hall–Kier alpha value is -4.20. The van der Waals surface area contributed by atoms with Crippen LogP contribution in [-0.4, -0.2) is 34.1 Å². The van der Waals surface area contributed by atoms with E-state index in [-0.39, 0.29) is 0 Å². The third-order valence-electron chi connectivity index (χ3n) is 4.75. The fourth-order valence-electron chi connectivity index (χ4n) is 3.17. The molecule has 4 rings (SSSR count). The normalized spacial score (nSPS) is 11.6. The molecule has 32 heavy (non-hydrogen) atoms. The van der Waals surface area contributed by atoms with Gasteiger partial charge in [0.1, 0.15) is 23.6 Å². The summed E-state index contributed by atoms with van der Waals surface area (Å²) >= 11 is 0. The van der Waals surface area contributed by atoms with Crippen LogP contribution < -0.4 is 14.8 Å². The van der Waals surface area contributed by atoms with Gasteiger partial charge >= 0.3 is 5.97 Å². The Bertz CT molecular complexity index is 1240. The van der Waals surface area contributed by atoms with E-state index in [1.165, 1.54) is 13.4 Å². The van der Waals surface area contributed by atoms with Gasteiger partial charge < -0.3 is 19.5 Å². The molecule has 0 unspecified atom stereocenters. The van der Waals surface area contributed by atoms with E-state index in [2.05, 4.69) is 20.3 Å². The Kier molecular flexibility index (Phi) is 6.12. The standard InChI is InChI=1S/C24H22N4O4/c1-15-13-17(10-11-19(15)32-21-9-4-5-12-25-21)28-23-22-18(26-14-27-23)7-6-8-20(22)31-16(2)24(29)30-3/h4-14,16H,1-3H3,(H,26,27,28)/t16-/m1/s1. The molecule has 0 aliphatic rings. The largest absolute Gasteiger partial charge is 0.478 e. The highest BCUT2D eigenvalue weighted by Crippen LogP contribution is 2.33. The third-order valence-corrected chi connectivity index (χ3v) is 4.75. The van der Waals surface area contributed by atoms with Crippen molar-refractivity contribution in [1.82, 2.24) is 15.0 Å². The molecular formula is C24H22N4O4. The highest BCUT2D eigenvalue weighted by molar-refractivity contribution is 5.96. The van der Waals surface area contributed by atoms with E-state index in [1.807, 2.05) is 49.4 Å². The van der Waals surface area contributed by atoms with Crippen LogP contribution in [-0.2, 0) is 9.53 Å². The van der Waals surface area contributed by atoms with Gasteiger partial charge in [0.05, 0.1) is 18.0 Å². The summed E-state index contributed by atoms with van der Waals surface area (Å²) in [6.07, 6.45) is 2.38. The zero-order chi connectivity index (χ0) is 22.5. The number of benzene rings is 2. The minimum atomic E-state index is -0.774. The van der Waals surface area contributed by atoms with Gasteiger partial charge in [-0.25, -0.2) is 19.7 Å². The molecule has 0 radical (unpaired) electrons. The number of aryl methyl sites for hydroxylation is 1. The average Bonchev–Trinajstić information content (AvgIpc) is 2.81. The molecule has 0 fully saturated rings. The molecule has 1 N–H and O–H groups in total. The molecule has 0 amide bonds. The second-order valence-electron chi connectivity index (χ2n) is 7.03.